The molecule has 0 bridgehead atoms. The molecule has 0 aromatic rings. The van der Waals surface area contributed by atoms with Gasteiger partial charge in [-0.3, -0.25) is 0 Å². The lowest BCUT2D eigenvalue weighted by Crippen LogP contribution is -2.54. The molecule has 1 saturated carbocycles. The molecule has 0 amide bonds. The summed E-state index contributed by atoms with van der Waals surface area (Å²) in [6.45, 7) is 13.4. The molecule has 98 valence electrons. The van der Waals surface area contributed by atoms with E-state index in [1.54, 1.807) is 0 Å². The number of hydrogen-bond acceptors (Lipinski definition) is 1. The van der Waals surface area contributed by atoms with Gasteiger partial charge in [-0.1, -0.05) is 40.3 Å². The second-order valence-electron chi connectivity index (χ2n) is 7.37. The first-order chi connectivity index (χ1) is 7.81. The summed E-state index contributed by atoms with van der Waals surface area (Å²) in [4.78, 5) is 0. The molecule has 2 heteroatoms. The molecule has 0 aromatic heterocycles. The first kappa shape index (κ1) is 13.2. The number of rotatable bonds is 2. The molecule has 2 aliphatic rings. The van der Waals surface area contributed by atoms with E-state index in [9.17, 15) is 0 Å². The SMILES string of the molecule is CC(C)(C)[Si](C)(C)C1(C2=CCCCO2)CCC1. The minimum atomic E-state index is -1.35. The second-order valence-corrected chi connectivity index (χ2v) is 13.1. The Morgan fingerprint density at radius 1 is 1.18 bits per heavy atom. The Kier molecular flexibility index (Phi) is 3.22. The molecule has 0 aromatic carbocycles. The van der Waals surface area contributed by atoms with Gasteiger partial charge in [0, 0.05) is 5.04 Å². The van der Waals surface area contributed by atoms with Crippen LogP contribution in [0.1, 0.15) is 52.9 Å². The molecule has 0 atom stereocenters. The third-order valence-corrected chi connectivity index (χ3v) is 12.6. The molecule has 2 rings (SSSR count). The molecule has 1 fully saturated rings. The second kappa shape index (κ2) is 4.15. The van der Waals surface area contributed by atoms with E-state index in [0.29, 0.717) is 10.1 Å². The maximum atomic E-state index is 6.06. The van der Waals surface area contributed by atoms with Crippen molar-refractivity contribution in [3.63, 3.8) is 0 Å². The Morgan fingerprint density at radius 3 is 2.18 bits per heavy atom. The third-order valence-electron chi connectivity index (χ3n) is 5.69. The molecule has 0 saturated heterocycles. The van der Waals surface area contributed by atoms with E-state index in [0.717, 1.165) is 6.61 Å². The lowest BCUT2D eigenvalue weighted by atomic mass is 9.81. The quantitative estimate of drug-likeness (QED) is 0.620. The molecule has 17 heavy (non-hydrogen) atoms. The summed E-state index contributed by atoms with van der Waals surface area (Å²) >= 11 is 0. The average molecular weight is 252 g/mol. The van der Waals surface area contributed by atoms with Crippen molar-refractivity contribution in [1.29, 1.82) is 0 Å². The van der Waals surface area contributed by atoms with Crippen molar-refractivity contribution in [2.24, 2.45) is 0 Å². The molecule has 1 aliphatic heterocycles. The fourth-order valence-corrected chi connectivity index (χ4v) is 7.15. The molecule has 0 radical (unpaired) electrons. The summed E-state index contributed by atoms with van der Waals surface area (Å²) in [7, 11) is -1.35. The Hall–Kier alpha value is -0.243. The Morgan fingerprint density at radius 2 is 1.82 bits per heavy atom. The zero-order chi connectivity index (χ0) is 12.7. The Balaban J connectivity index is 2.34. The van der Waals surface area contributed by atoms with Gasteiger partial charge in [-0.25, -0.2) is 0 Å². The van der Waals surface area contributed by atoms with Crippen molar-refractivity contribution in [1.82, 2.24) is 0 Å². The van der Waals surface area contributed by atoms with Crippen LogP contribution in [0.3, 0.4) is 0 Å². The summed E-state index contributed by atoms with van der Waals surface area (Å²) in [5.41, 5.74) is 0. The summed E-state index contributed by atoms with van der Waals surface area (Å²) in [5.74, 6) is 1.38. The van der Waals surface area contributed by atoms with Crippen LogP contribution in [-0.2, 0) is 4.74 Å². The van der Waals surface area contributed by atoms with Gasteiger partial charge in [0.15, 0.2) is 0 Å². The molecule has 0 unspecified atom stereocenters. The summed E-state index contributed by atoms with van der Waals surface area (Å²) < 4.78 is 6.06. The lowest BCUT2D eigenvalue weighted by molar-refractivity contribution is 0.133. The van der Waals surface area contributed by atoms with E-state index in [-0.39, 0.29) is 0 Å². The van der Waals surface area contributed by atoms with E-state index in [1.807, 2.05) is 0 Å². The normalized spacial score (nSPS) is 24.6. The van der Waals surface area contributed by atoms with Crippen LogP contribution in [0.2, 0.25) is 23.2 Å². The third kappa shape index (κ3) is 1.89. The van der Waals surface area contributed by atoms with Crippen LogP contribution in [0.5, 0.6) is 0 Å². The maximum absolute atomic E-state index is 6.06. The number of ether oxygens (including phenoxy) is 1. The van der Waals surface area contributed by atoms with Gasteiger partial charge in [0.05, 0.1) is 20.4 Å². The Labute approximate surface area is 108 Å². The van der Waals surface area contributed by atoms with Gasteiger partial charge < -0.3 is 4.74 Å². The summed E-state index contributed by atoms with van der Waals surface area (Å²) in [6, 6.07) is 0. The molecule has 1 aliphatic carbocycles. The summed E-state index contributed by atoms with van der Waals surface area (Å²) in [6.07, 6.45) is 8.98. The number of hydrogen-bond donors (Lipinski definition) is 0. The first-order valence-corrected chi connectivity index (χ1v) is 10.1. The van der Waals surface area contributed by atoms with Crippen molar-refractivity contribution in [3.05, 3.63) is 11.8 Å². The van der Waals surface area contributed by atoms with Crippen LogP contribution in [-0.4, -0.2) is 14.7 Å². The topological polar surface area (TPSA) is 9.23 Å². The predicted molar refractivity (Wildman–Crippen MR) is 77.0 cm³/mol. The molecular weight excluding hydrogens is 224 g/mol. The van der Waals surface area contributed by atoms with Crippen LogP contribution >= 0.6 is 0 Å². The van der Waals surface area contributed by atoms with Crippen molar-refractivity contribution in [2.75, 3.05) is 6.61 Å². The predicted octanol–water partition coefficient (Wildman–Crippen LogP) is 5.11. The molecule has 0 spiro atoms. The molecule has 1 heterocycles. The van der Waals surface area contributed by atoms with E-state index < -0.39 is 8.07 Å². The van der Waals surface area contributed by atoms with Crippen LogP contribution < -0.4 is 0 Å². The average Bonchev–Trinajstić information content (AvgIpc) is 2.15. The highest BCUT2D eigenvalue weighted by Gasteiger charge is 2.58. The van der Waals surface area contributed by atoms with Crippen LogP contribution in [0.25, 0.3) is 0 Å². The van der Waals surface area contributed by atoms with E-state index >= 15 is 0 Å². The zero-order valence-corrected chi connectivity index (χ0v) is 13.2. The molecule has 1 nitrogen and oxygen atoms in total. The van der Waals surface area contributed by atoms with E-state index in [2.05, 4.69) is 39.9 Å². The van der Waals surface area contributed by atoms with Crippen molar-refractivity contribution >= 4 is 8.07 Å². The maximum Gasteiger partial charge on any atom is 0.0954 e. The van der Waals surface area contributed by atoms with Crippen LogP contribution in [0.4, 0.5) is 0 Å². The fourth-order valence-electron chi connectivity index (χ4n) is 3.32. The van der Waals surface area contributed by atoms with E-state index in [4.69, 9.17) is 4.74 Å². The van der Waals surface area contributed by atoms with Gasteiger partial charge in [0.1, 0.15) is 0 Å². The monoisotopic (exact) mass is 252 g/mol. The smallest absolute Gasteiger partial charge is 0.0954 e. The van der Waals surface area contributed by atoms with Crippen molar-refractivity contribution < 1.29 is 4.74 Å². The van der Waals surface area contributed by atoms with Gasteiger partial charge in [-0.15, -0.1) is 0 Å². The highest BCUT2D eigenvalue weighted by atomic mass is 28.3. The Bertz CT molecular complexity index is 318. The van der Waals surface area contributed by atoms with Gasteiger partial charge in [0.25, 0.3) is 0 Å². The summed E-state index contributed by atoms with van der Waals surface area (Å²) in [5, 5.41) is 0.904. The highest BCUT2D eigenvalue weighted by molar-refractivity contribution is 6.83. The van der Waals surface area contributed by atoms with Gasteiger partial charge in [0.2, 0.25) is 0 Å². The van der Waals surface area contributed by atoms with Crippen LogP contribution in [0.15, 0.2) is 11.8 Å². The van der Waals surface area contributed by atoms with Crippen LogP contribution in [0, 0.1) is 0 Å². The minimum Gasteiger partial charge on any atom is -0.498 e. The molecular formula is C15H28OSi. The molecule has 0 N–H and O–H groups in total. The van der Waals surface area contributed by atoms with Gasteiger partial charge >= 0.3 is 0 Å². The first-order valence-electron chi connectivity index (χ1n) is 7.15. The highest BCUT2D eigenvalue weighted by Crippen LogP contribution is 2.66. The van der Waals surface area contributed by atoms with Crippen molar-refractivity contribution in [3.8, 4) is 0 Å². The fraction of sp³-hybridized carbons (Fsp3) is 0.867. The lowest BCUT2D eigenvalue weighted by Gasteiger charge is -2.58. The largest absolute Gasteiger partial charge is 0.498 e. The minimum absolute atomic E-state index is 0.450. The van der Waals surface area contributed by atoms with E-state index in [1.165, 1.54) is 37.9 Å². The van der Waals surface area contributed by atoms with Crippen molar-refractivity contribution in [2.45, 2.75) is 76.0 Å². The van der Waals surface area contributed by atoms with Gasteiger partial charge in [-0.05, 0) is 36.8 Å². The number of allylic oxidation sites excluding steroid dienone is 2. The van der Waals surface area contributed by atoms with Gasteiger partial charge in [-0.2, -0.15) is 0 Å². The standard InChI is InChI=1S/C15H28OSi/c1-14(2,3)17(4,5)15(10-8-11-15)13-9-6-7-12-16-13/h9H,6-8,10-12H2,1-5H3. The zero-order valence-electron chi connectivity index (χ0n) is 12.2.